The summed E-state index contributed by atoms with van der Waals surface area (Å²) in [5.41, 5.74) is 0.907. The summed E-state index contributed by atoms with van der Waals surface area (Å²) in [6.45, 7) is 5.56. The van der Waals surface area contributed by atoms with E-state index in [9.17, 15) is 14.2 Å². The third-order valence-corrected chi connectivity index (χ3v) is 6.65. The van der Waals surface area contributed by atoms with E-state index in [2.05, 4.69) is 10.1 Å². The van der Waals surface area contributed by atoms with Gasteiger partial charge >= 0.3 is 5.97 Å². The monoisotopic (exact) mass is 383 g/mol. The molecule has 0 aromatic heterocycles. The molecule has 6 nitrogen and oxygen atoms in total. The largest absolute Gasteiger partial charge is 0.467 e. The SMILES string of the molecule is COC(=O)[C@H](C)NC(=O)[C@H](CC(C)C)CP(=O)(Cc1ccccc1)OC. The second-order valence-electron chi connectivity index (χ2n) is 6.90. The molecule has 0 radical (unpaired) electrons. The number of nitrogens with one attached hydrogen (secondary N) is 1. The number of benzene rings is 1. The standard InChI is InChI=1S/C19H30NO5P/c1-14(2)11-17(18(21)20-15(3)19(22)24-4)13-26(23,25-5)12-16-9-7-6-8-10-16/h6-10,14-15,17H,11-13H2,1-5H3,(H,20,21)/t15-,17+,26?/m0/s1. The minimum atomic E-state index is -3.04. The molecule has 0 aliphatic carbocycles. The second kappa shape index (κ2) is 10.5. The van der Waals surface area contributed by atoms with Gasteiger partial charge in [-0.25, -0.2) is 4.79 Å². The van der Waals surface area contributed by atoms with Gasteiger partial charge in [-0.05, 0) is 24.8 Å². The number of amides is 1. The maximum Gasteiger partial charge on any atom is 0.328 e. The van der Waals surface area contributed by atoms with Gasteiger partial charge in [-0.1, -0.05) is 44.2 Å². The molecule has 0 spiro atoms. The lowest BCUT2D eigenvalue weighted by Gasteiger charge is -2.25. The number of hydrogen-bond acceptors (Lipinski definition) is 5. The normalized spacial score (nSPS) is 15.8. The van der Waals surface area contributed by atoms with Crippen molar-refractivity contribution in [2.45, 2.75) is 39.4 Å². The van der Waals surface area contributed by atoms with Gasteiger partial charge in [-0.3, -0.25) is 9.36 Å². The quantitative estimate of drug-likeness (QED) is 0.494. The number of esters is 1. The van der Waals surface area contributed by atoms with Gasteiger partial charge in [-0.15, -0.1) is 0 Å². The third-order valence-electron chi connectivity index (χ3n) is 4.14. The van der Waals surface area contributed by atoms with Crippen LogP contribution in [0.25, 0.3) is 0 Å². The molecule has 7 heteroatoms. The van der Waals surface area contributed by atoms with E-state index in [-0.39, 0.29) is 24.1 Å². The van der Waals surface area contributed by atoms with Crippen LogP contribution < -0.4 is 5.32 Å². The van der Waals surface area contributed by atoms with E-state index in [1.54, 1.807) is 6.92 Å². The van der Waals surface area contributed by atoms with Crippen molar-refractivity contribution in [3.63, 3.8) is 0 Å². The molecule has 26 heavy (non-hydrogen) atoms. The zero-order valence-electron chi connectivity index (χ0n) is 16.2. The van der Waals surface area contributed by atoms with E-state index in [4.69, 9.17) is 4.52 Å². The Morgan fingerprint density at radius 3 is 2.23 bits per heavy atom. The first-order valence-electron chi connectivity index (χ1n) is 8.76. The number of methoxy groups -OCH3 is 1. The van der Waals surface area contributed by atoms with Crippen LogP contribution in [0.3, 0.4) is 0 Å². The molecule has 1 amide bonds. The van der Waals surface area contributed by atoms with Crippen molar-refractivity contribution in [1.82, 2.24) is 5.32 Å². The van der Waals surface area contributed by atoms with E-state index in [1.165, 1.54) is 14.2 Å². The van der Waals surface area contributed by atoms with E-state index in [0.717, 1.165) is 5.56 Å². The highest BCUT2D eigenvalue weighted by Crippen LogP contribution is 2.51. The Kier molecular flexibility index (Phi) is 9.03. The predicted molar refractivity (Wildman–Crippen MR) is 102 cm³/mol. The van der Waals surface area contributed by atoms with Crippen molar-refractivity contribution in [1.29, 1.82) is 0 Å². The molecule has 3 atom stereocenters. The van der Waals surface area contributed by atoms with Crippen molar-refractivity contribution in [2.75, 3.05) is 20.4 Å². The number of ether oxygens (including phenoxy) is 1. The molecule has 146 valence electrons. The van der Waals surface area contributed by atoms with Crippen molar-refractivity contribution in [3.05, 3.63) is 35.9 Å². The highest BCUT2D eigenvalue weighted by Gasteiger charge is 2.32. The molecule has 0 fully saturated rings. The van der Waals surface area contributed by atoms with Crippen molar-refractivity contribution < 1.29 is 23.4 Å². The minimum Gasteiger partial charge on any atom is -0.467 e. The van der Waals surface area contributed by atoms with Crippen LogP contribution in [0.4, 0.5) is 0 Å². The maximum absolute atomic E-state index is 13.2. The highest BCUT2D eigenvalue weighted by atomic mass is 31.2. The molecule has 0 saturated carbocycles. The molecule has 1 unspecified atom stereocenters. The van der Waals surface area contributed by atoms with Crippen molar-refractivity contribution in [3.8, 4) is 0 Å². The third kappa shape index (κ3) is 7.30. The fourth-order valence-corrected chi connectivity index (χ4v) is 4.96. The summed E-state index contributed by atoms with van der Waals surface area (Å²) < 4.78 is 23.2. The van der Waals surface area contributed by atoms with Crippen LogP contribution in [0.2, 0.25) is 0 Å². The summed E-state index contributed by atoms with van der Waals surface area (Å²) in [5, 5.41) is 2.66. The molecule has 0 heterocycles. The van der Waals surface area contributed by atoms with Crippen LogP contribution in [0.5, 0.6) is 0 Å². The minimum absolute atomic E-state index is 0.135. The average Bonchev–Trinajstić information content (AvgIpc) is 2.60. The summed E-state index contributed by atoms with van der Waals surface area (Å²) in [6.07, 6.45) is 0.969. The van der Waals surface area contributed by atoms with Gasteiger partial charge in [-0.2, -0.15) is 0 Å². The molecule has 1 N–H and O–H groups in total. The van der Waals surface area contributed by atoms with Crippen LogP contribution in [0.1, 0.15) is 32.8 Å². The van der Waals surface area contributed by atoms with Gasteiger partial charge in [0, 0.05) is 25.4 Å². The number of hydrogen-bond donors (Lipinski definition) is 1. The summed E-state index contributed by atoms with van der Waals surface area (Å²) in [5.74, 6) is -1.08. The zero-order valence-corrected chi connectivity index (χ0v) is 17.1. The van der Waals surface area contributed by atoms with Gasteiger partial charge in [0.25, 0.3) is 0 Å². The lowest BCUT2D eigenvalue weighted by atomic mass is 9.98. The number of carbonyl (C=O) groups is 2. The van der Waals surface area contributed by atoms with Gasteiger partial charge < -0.3 is 14.6 Å². The molecule has 1 aromatic rings. The number of rotatable bonds is 10. The van der Waals surface area contributed by atoms with Crippen molar-refractivity contribution >= 4 is 19.2 Å². The predicted octanol–water partition coefficient (Wildman–Crippen LogP) is 3.45. The molecule has 1 aromatic carbocycles. The van der Waals surface area contributed by atoms with Crippen LogP contribution in [-0.2, 0) is 29.6 Å². The second-order valence-corrected chi connectivity index (χ2v) is 9.58. The van der Waals surface area contributed by atoms with Gasteiger partial charge in [0.15, 0.2) is 0 Å². The lowest BCUT2D eigenvalue weighted by Crippen LogP contribution is -2.43. The van der Waals surface area contributed by atoms with Gasteiger partial charge in [0.2, 0.25) is 13.3 Å². The summed E-state index contributed by atoms with van der Waals surface area (Å²) >= 11 is 0. The first kappa shape index (κ1) is 22.4. The van der Waals surface area contributed by atoms with Gasteiger partial charge in [0.05, 0.1) is 7.11 Å². The van der Waals surface area contributed by atoms with Crippen LogP contribution in [-0.4, -0.2) is 38.3 Å². The smallest absolute Gasteiger partial charge is 0.328 e. The Morgan fingerprint density at radius 2 is 1.73 bits per heavy atom. The van der Waals surface area contributed by atoms with E-state index >= 15 is 0 Å². The number of carbonyl (C=O) groups excluding carboxylic acids is 2. The van der Waals surface area contributed by atoms with E-state index in [1.807, 2.05) is 44.2 Å². The van der Waals surface area contributed by atoms with Gasteiger partial charge in [0.1, 0.15) is 6.04 Å². The van der Waals surface area contributed by atoms with Crippen LogP contribution >= 0.6 is 7.37 Å². The zero-order chi connectivity index (χ0) is 19.7. The fourth-order valence-electron chi connectivity index (χ4n) is 2.80. The fraction of sp³-hybridized carbons (Fsp3) is 0.579. The Bertz CT molecular complexity index is 632. The van der Waals surface area contributed by atoms with Crippen LogP contribution in [0, 0.1) is 11.8 Å². The lowest BCUT2D eigenvalue weighted by molar-refractivity contribution is -0.145. The topological polar surface area (TPSA) is 81.7 Å². The molecular weight excluding hydrogens is 353 g/mol. The highest BCUT2D eigenvalue weighted by molar-refractivity contribution is 7.58. The summed E-state index contributed by atoms with van der Waals surface area (Å²) in [4.78, 5) is 24.2. The maximum atomic E-state index is 13.2. The Balaban J connectivity index is 2.91. The molecule has 0 saturated heterocycles. The first-order valence-corrected chi connectivity index (χ1v) is 10.8. The molecular formula is C19H30NO5P. The summed E-state index contributed by atoms with van der Waals surface area (Å²) in [7, 11) is -0.344. The molecule has 0 aliphatic rings. The first-order chi connectivity index (χ1) is 12.2. The van der Waals surface area contributed by atoms with E-state index < -0.39 is 25.3 Å². The Hall–Kier alpha value is -1.65. The van der Waals surface area contributed by atoms with Crippen LogP contribution in [0.15, 0.2) is 30.3 Å². The Labute approximate surface area is 156 Å². The van der Waals surface area contributed by atoms with Crippen molar-refractivity contribution in [2.24, 2.45) is 11.8 Å². The molecule has 1 rings (SSSR count). The average molecular weight is 383 g/mol. The molecule has 0 bridgehead atoms. The molecule has 0 aliphatic heterocycles. The van der Waals surface area contributed by atoms with E-state index in [0.29, 0.717) is 6.42 Å². The summed E-state index contributed by atoms with van der Waals surface area (Å²) in [6, 6.07) is 8.69. The Morgan fingerprint density at radius 1 is 1.12 bits per heavy atom.